The number of nitrogens with two attached hydrogens (primary N) is 1. The molecule has 1 aliphatic heterocycles. The molecule has 1 rings (SSSR count). The van der Waals surface area contributed by atoms with Crippen LogP contribution in [-0.4, -0.2) is 43.0 Å². The largest absolute Gasteiger partial charge is 0.378 e. The predicted octanol–water partition coefficient (Wildman–Crippen LogP) is -0.643. The third-order valence-corrected chi connectivity index (χ3v) is 2.33. The number of hydrogen-bond acceptors (Lipinski definition) is 3. The summed E-state index contributed by atoms with van der Waals surface area (Å²) < 4.78 is 5.12. The van der Waals surface area contributed by atoms with Crippen LogP contribution in [-0.2, 0) is 14.3 Å². The highest BCUT2D eigenvalue weighted by atomic mass is 16.5. The summed E-state index contributed by atoms with van der Waals surface area (Å²) in [6, 6.07) is 0. The van der Waals surface area contributed by atoms with Crippen LogP contribution < -0.4 is 5.73 Å². The van der Waals surface area contributed by atoms with Crippen molar-refractivity contribution in [1.29, 1.82) is 0 Å². The highest BCUT2D eigenvalue weighted by molar-refractivity contribution is 5.84. The molecular formula is C9H16N2O3. The van der Waals surface area contributed by atoms with Crippen molar-refractivity contribution in [3.05, 3.63) is 0 Å². The van der Waals surface area contributed by atoms with Crippen molar-refractivity contribution >= 4 is 11.8 Å². The van der Waals surface area contributed by atoms with Gasteiger partial charge in [-0.25, -0.2) is 0 Å². The van der Waals surface area contributed by atoms with E-state index in [-0.39, 0.29) is 18.2 Å². The van der Waals surface area contributed by atoms with Gasteiger partial charge in [0.1, 0.15) is 0 Å². The number of carbonyl (C=O) groups excluding carboxylic acids is 2. The zero-order valence-electron chi connectivity index (χ0n) is 8.36. The molecule has 0 aromatic heterocycles. The van der Waals surface area contributed by atoms with Gasteiger partial charge in [-0.05, 0) is 0 Å². The van der Waals surface area contributed by atoms with E-state index in [4.69, 9.17) is 10.5 Å². The molecule has 1 aliphatic rings. The van der Waals surface area contributed by atoms with E-state index in [0.717, 1.165) is 0 Å². The first-order chi connectivity index (χ1) is 6.61. The van der Waals surface area contributed by atoms with Gasteiger partial charge in [0.05, 0.1) is 13.2 Å². The van der Waals surface area contributed by atoms with Crippen molar-refractivity contribution in [2.75, 3.05) is 26.3 Å². The minimum absolute atomic E-state index is 0.0143. The van der Waals surface area contributed by atoms with E-state index in [2.05, 4.69) is 0 Å². The van der Waals surface area contributed by atoms with Crippen LogP contribution in [0, 0.1) is 5.92 Å². The maximum atomic E-state index is 11.6. The smallest absolute Gasteiger partial charge is 0.223 e. The Kier molecular flexibility index (Phi) is 3.88. The van der Waals surface area contributed by atoms with Gasteiger partial charge in [-0.15, -0.1) is 0 Å². The molecule has 5 heteroatoms. The summed E-state index contributed by atoms with van der Waals surface area (Å²) in [5, 5.41) is 0. The Bertz CT molecular complexity index is 224. The fraction of sp³-hybridized carbons (Fsp3) is 0.778. The Hall–Kier alpha value is -1.10. The van der Waals surface area contributed by atoms with E-state index < -0.39 is 5.91 Å². The van der Waals surface area contributed by atoms with Crippen LogP contribution in [0.15, 0.2) is 0 Å². The molecule has 80 valence electrons. The van der Waals surface area contributed by atoms with Crippen LogP contribution in [0.5, 0.6) is 0 Å². The molecule has 0 aromatic rings. The lowest BCUT2D eigenvalue weighted by atomic mass is 10.1. The van der Waals surface area contributed by atoms with Gasteiger partial charge < -0.3 is 15.4 Å². The number of ether oxygens (including phenoxy) is 1. The highest BCUT2D eigenvalue weighted by Gasteiger charge is 2.20. The SMILES string of the molecule is CC(CC(=O)N1CCOCC1)C(N)=O. The number of rotatable bonds is 3. The topological polar surface area (TPSA) is 72.6 Å². The van der Waals surface area contributed by atoms with Crippen LogP contribution >= 0.6 is 0 Å². The molecule has 1 saturated heterocycles. The average Bonchev–Trinajstić information content (AvgIpc) is 2.19. The van der Waals surface area contributed by atoms with Crippen molar-refractivity contribution in [1.82, 2.24) is 4.90 Å². The molecule has 0 aliphatic carbocycles. The summed E-state index contributed by atoms with van der Waals surface area (Å²) in [6.07, 6.45) is 0.204. The van der Waals surface area contributed by atoms with Gasteiger partial charge in [-0.1, -0.05) is 6.92 Å². The quantitative estimate of drug-likeness (QED) is 0.658. The molecule has 1 fully saturated rings. The lowest BCUT2D eigenvalue weighted by molar-refractivity contribution is -0.138. The molecule has 0 radical (unpaired) electrons. The summed E-state index contributed by atoms with van der Waals surface area (Å²) in [4.78, 5) is 24.0. The van der Waals surface area contributed by atoms with E-state index in [9.17, 15) is 9.59 Å². The first-order valence-electron chi connectivity index (χ1n) is 4.76. The van der Waals surface area contributed by atoms with E-state index in [1.807, 2.05) is 0 Å². The van der Waals surface area contributed by atoms with E-state index in [1.165, 1.54) is 0 Å². The van der Waals surface area contributed by atoms with Crippen molar-refractivity contribution < 1.29 is 14.3 Å². The molecule has 1 heterocycles. The van der Waals surface area contributed by atoms with Crippen LogP contribution in [0.25, 0.3) is 0 Å². The van der Waals surface area contributed by atoms with Gasteiger partial charge in [0.15, 0.2) is 0 Å². The first kappa shape index (κ1) is 11.0. The third-order valence-electron chi connectivity index (χ3n) is 2.33. The number of morpholine rings is 1. The molecule has 2 N–H and O–H groups in total. The Balaban J connectivity index is 2.36. The van der Waals surface area contributed by atoms with Crippen molar-refractivity contribution in [3.8, 4) is 0 Å². The van der Waals surface area contributed by atoms with Crippen LogP contribution in [0.1, 0.15) is 13.3 Å². The molecule has 1 unspecified atom stereocenters. The van der Waals surface area contributed by atoms with Gasteiger partial charge in [-0.2, -0.15) is 0 Å². The molecule has 14 heavy (non-hydrogen) atoms. The molecule has 0 aromatic carbocycles. The fourth-order valence-corrected chi connectivity index (χ4v) is 1.30. The van der Waals surface area contributed by atoms with Crippen molar-refractivity contribution in [2.24, 2.45) is 11.7 Å². The van der Waals surface area contributed by atoms with Gasteiger partial charge >= 0.3 is 0 Å². The van der Waals surface area contributed by atoms with Gasteiger partial charge in [0, 0.05) is 25.4 Å². The molecule has 2 amide bonds. The molecule has 0 bridgehead atoms. The Morgan fingerprint density at radius 2 is 2.00 bits per heavy atom. The second-order valence-corrected chi connectivity index (χ2v) is 3.50. The van der Waals surface area contributed by atoms with Crippen LogP contribution in [0.3, 0.4) is 0 Å². The molecule has 0 saturated carbocycles. The Morgan fingerprint density at radius 1 is 1.43 bits per heavy atom. The summed E-state index contributed by atoms with van der Waals surface area (Å²) in [7, 11) is 0. The first-order valence-corrected chi connectivity index (χ1v) is 4.76. The monoisotopic (exact) mass is 200 g/mol. The Labute approximate surface area is 83.2 Å². The average molecular weight is 200 g/mol. The maximum Gasteiger partial charge on any atom is 0.223 e. The second kappa shape index (κ2) is 4.95. The zero-order valence-corrected chi connectivity index (χ0v) is 8.36. The Morgan fingerprint density at radius 3 is 2.50 bits per heavy atom. The minimum atomic E-state index is -0.424. The van der Waals surface area contributed by atoms with E-state index in [0.29, 0.717) is 26.3 Å². The number of amides is 2. The minimum Gasteiger partial charge on any atom is -0.378 e. The summed E-state index contributed by atoms with van der Waals surface area (Å²) in [5.74, 6) is -0.823. The lowest BCUT2D eigenvalue weighted by Gasteiger charge is -2.27. The van der Waals surface area contributed by atoms with Crippen LogP contribution in [0.2, 0.25) is 0 Å². The second-order valence-electron chi connectivity index (χ2n) is 3.50. The van der Waals surface area contributed by atoms with Gasteiger partial charge in [0.2, 0.25) is 11.8 Å². The third kappa shape index (κ3) is 2.99. The number of carbonyl (C=O) groups is 2. The lowest BCUT2D eigenvalue weighted by Crippen LogP contribution is -2.42. The van der Waals surface area contributed by atoms with E-state index in [1.54, 1.807) is 11.8 Å². The highest BCUT2D eigenvalue weighted by Crippen LogP contribution is 2.06. The van der Waals surface area contributed by atoms with E-state index >= 15 is 0 Å². The summed E-state index contributed by atoms with van der Waals surface area (Å²) in [6.45, 7) is 4.06. The number of primary amides is 1. The predicted molar refractivity (Wildman–Crippen MR) is 50.4 cm³/mol. The molecule has 0 spiro atoms. The molecule has 1 atom stereocenters. The number of hydrogen-bond donors (Lipinski definition) is 1. The maximum absolute atomic E-state index is 11.6. The normalized spacial score (nSPS) is 19.1. The molecule has 5 nitrogen and oxygen atoms in total. The van der Waals surface area contributed by atoms with Crippen LogP contribution in [0.4, 0.5) is 0 Å². The number of nitrogens with zero attached hydrogens (tertiary/aromatic N) is 1. The fourth-order valence-electron chi connectivity index (χ4n) is 1.30. The summed E-state index contributed by atoms with van der Waals surface area (Å²) >= 11 is 0. The summed E-state index contributed by atoms with van der Waals surface area (Å²) in [5.41, 5.74) is 5.08. The van der Waals surface area contributed by atoms with Gasteiger partial charge in [0.25, 0.3) is 0 Å². The molecular weight excluding hydrogens is 184 g/mol. The van der Waals surface area contributed by atoms with Crippen molar-refractivity contribution in [3.63, 3.8) is 0 Å². The standard InChI is InChI=1S/C9H16N2O3/c1-7(9(10)13)6-8(12)11-2-4-14-5-3-11/h7H,2-6H2,1H3,(H2,10,13). The van der Waals surface area contributed by atoms with Crippen molar-refractivity contribution in [2.45, 2.75) is 13.3 Å². The van der Waals surface area contributed by atoms with Gasteiger partial charge in [-0.3, -0.25) is 9.59 Å². The zero-order chi connectivity index (χ0) is 10.6.